The quantitative estimate of drug-likeness (QED) is 0.782. The van der Waals surface area contributed by atoms with Crippen LogP contribution in [0.2, 0.25) is 0 Å². The maximum atomic E-state index is 12.1. The van der Waals surface area contributed by atoms with Crippen molar-refractivity contribution in [2.24, 2.45) is 0 Å². The number of anilines is 1. The van der Waals surface area contributed by atoms with Crippen LogP contribution < -0.4 is 5.73 Å². The predicted molar refractivity (Wildman–Crippen MR) is 67.6 cm³/mol. The third kappa shape index (κ3) is 2.35. The molecule has 0 saturated carbocycles. The number of nitrogens with one attached hydrogen (secondary N) is 1. The van der Waals surface area contributed by atoms with E-state index in [1.165, 1.54) is 0 Å². The second-order valence-electron chi connectivity index (χ2n) is 4.31. The maximum Gasteiger partial charge on any atom is 0.270 e. The first-order chi connectivity index (χ1) is 7.56. The molecule has 0 radical (unpaired) electrons. The largest absolute Gasteiger partial charge is 0.397 e. The summed E-state index contributed by atoms with van der Waals surface area (Å²) < 4.78 is 0. The van der Waals surface area contributed by atoms with Crippen LogP contribution >= 0.6 is 11.8 Å². The Bertz CT molecular complexity index is 380. The molecule has 1 aliphatic heterocycles. The van der Waals surface area contributed by atoms with Crippen LogP contribution in [0, 0.1) is 0 Å². The molecule has 4 nitrogen and oxygen atoms in total. The number of rotatable bonds is 1. The second-order valence-corrected chi connectivity index (χ2v) is 6.20. The molecule has 0 aliphatic carbocycles. The summed E-state index contributed by atoms with van der Waals surface area (Å²) in [6, 6.07) is 1.69. The highest BCUT2D eigenvalue weighted by Gasteiger charge is 2.26. The zero-order valence-corrected chi connectivity index (χ0v) is 10.4. The average Bonchev–Trinajstić information content (AvgIpc) is 2.62. The topological polar surface area (TPSA) is 62.1 Å². The Kier molecular flexibility index (Phi) is 3.14. The smallest absolute Gasteiger partial charge is 0.270 e. The van der Waals surface area contributed by atoms with Crippen LogP contribution in [0.25, 0.3) is 0 Å². The highest BCUT2D eigenvalue weighted by atomic mass is 32.2. The molecule has 0 bridgehead atoms. The van der Waals surface area contributed by atoms with Gasteiger partial charge in [0.15, 0.2) is 0 Å². The fraction of sp³-hybridized carbons (Fsp3) is 0.545. The molecule has 2 unspecified atom stereocenters. The molecule has 16 heavy (non-hydrogen) atoms. The lowest BCUT2D eigenvalue weighted by Gasteiger charge is -2.34. The van der Waals surface area contributed by atoms with E-state index in [2.05, 4.69) is 18.8 Å². The van der Waals surface area contributed by atoms with Gasteiger partial charge in [-0.3, -0.25) is 4.79 Å². The number of hydrogen-bond donors (Lipinski definition) is 2. The van der Waals surface area contributed by atoms with Gasteiger partial charge < -0.3 is 15.6 Å². The number of H-pyrrole nitrogens is 1. The van der Waals surface area contributed by atoms with Gasteiger partial charge in [-0.1, -0.05) is 13.8 Å². The first-order valence-electron chi connectivity index (χ1n) is 5.45. The van der Waals surface area contributed by atoms with E-state index in [4.69, 9.17) is 5.73 Å². The Balaban J connectivity index is 2.09. The van der Waals surface area contributed by atoms with E-state index in [1.54, 1.807) is 12.3 Å². The highest BCUT2D eigenvalue weighted by Crippen LogP contribution is 2.25. The Hall–Kier alpha value is -1.10. The molecule has 2 heterocycles. The summed E-state index contributed by atoms with van der Waals surface area (Å²) in [5.74, 6) is 0.0516. The number of carbonyl (C=O) groups excluding carboxylic acids is 1. The maximum absolute atomic E-state index is 12.1. The molecule has 0 spiro atoms. The fourth-order valence-corrected chi connectivity index (χ4v) is 3.37. The Morgan fingerprint density at radius 2 is 2.12 bits per heavy atom. The van der Waals surface area contributed by atoms with Crippen molar-refractivity contribution >= 4 is 23.4 Å². The Morgan fingerprint density at radius 1 is 1.50 bits per heavy atom. The number of amides is 1. The number of nitrogens with zero attached hydrogens (tertiary/aromatic N) is 1. The molecule has 5 heteroatoms. The van der Waals surface area contributed by atoms with Crippen molar-refractivity contribution in [3.05, 3.63) is 18.0 Å². The number of aromatic amines is 1. The lowest BCUT2D eigenvalue weighted by Crippen LogP contribution is -2.44. The van der Waals surface area contributed by atoms with Gasteiger partial charge >= 0.3 is 0 Å². The van der Waals surface area contributed by atoms with E-state index in [0.717, 1.165) is 13.1 Å². The van der Waals surface area contributed by atoms with Crippen molar-refractivity contribution in [1.82, 2.24) is 9.88 Å². The van der Waals surface area contributed by atoms with E-state index in [0.29, 0.717) is 21.9 Å². The first-order valence-corrected chi connectivity index (χ1v) is 6.39. The molecule has 88 valence electrons. The summed E-state index contributed by atoms with van der Waals surface area (Å²) in [6.07, 6.45) is 1.65. The van der Waals surface area contributed by atoms with E-state index >= 15 is 0 Å². The van der Waals surface area contributed by atoms with Crippen molar-refractivity contribution in [2.45, 2.75) is 24.3 Å². The number of hydrogen-bond acceptors (Lipinski definition) is 3. The molecule has 2 rings (SSSR count). The minimum Gasteiger partial charge on any atom is -0.397 e. The van der Waals surface area contributed by atoms with Crippen LogP contribution in [0.15, 0.2) is 12.3 Å². The zero-order valence-electron chi connectivity index (χ0n) is 9.56. The van der Waals surface area contributed by atoms with Crippen LogP contribution in [0.5, 0.6) is 0 Å². The van der Waals surface area contributed by atoms with Gasteiger partial charge in [0, 0.05) is 35.5 Å². The number of thioether (sulfide) groups is 1. The van der Waals surface area contributed by atoms with Crippen molar-refractivity contribution in [3.63, 3.8) is 0 Å². The SMILES string of the molecule is CC1CN(C(=O)c2cc(N)c[nH]2)CC(C)S1. The summed E-state index contributed by atoms with van der Waals surface area (Å²) in [5, 5.41) is 1.00. The summed E-state index contributed by atoms with van der Waals surface area (Å²) in [4.78, 5) is 16.9. The van der Waals surface area contributed by atoms with E-state index in [9.17, 15) is 4.79 Å². The van der Waals surface area contributed by atoms with Crippen LogP contribution in [0.3, 0.4) is 0 Å². The van der Waals surface area contributed by atoms with E-state index in [1.807, 2.05) is 16.7 Å². The second kappa shape index (κ2) is 4.41. The van der Waals surface area contributed by atoms with E-state index < -0.39 is 0 Å². The van der Waals surface area contributed by atoms with Gasteiger partial charge in [-0.25, -0.2) is 0 Å². The van der Waals surface area contributed by atoms with Crippen LogP contribution in [0.1, 0.15) is 24.3 Å². The normalized spacial score (nSPS) is 25.8. The van der Waals surface area contributed by atoms with Gasteiger partial charge in [0.25, 0.3) is 5.91 Å². The number of nitrogens with two attached hydrogens (primary N) is 1. The monoisotopic (exact) mass is 239 g/mol. The molecular formula is C11H17N3OS. The van der Waals surface area contributed by atoms with Gasteiger partial charge in [0.05, 0.1) is 0 Å². The minimum absolute atomic E-state index is 0.0516. The molecule has 2 atom stereocenters. The third-order valence-corrected chi connectivity index (χ3v) is 3.87. The van der Waals surface area contributed by atoms with Gasteiger partial charge in [-0.15, -0.1) is 0 Å². The molecule has 1 fully saturated rings. The van der Waals surface area contributed by atoms with Crippen molar-refractivity contribution in [2.75, 3.05) is 18.8 Å². The van der Waals surface area contributed by atoms with Crippen LogP contribution in [-0.4, -0.2) is 39.4 Å². The fourth-order valence-electron chi connectivity index (χ4n) is 2.05. The zero-order chi connectivity index (χ0) is 11.7. The van der Waals surface area contributed by atoms with Gasteiger partial charge in [0.2, 0.25) is 0 Å². The molecule has 1 amide bonds. The van der Waals surface area contributed by atoms with Crippen molar-refractivity contribution < 1.29 is 4.79 Å². The number of carbonyl (C=O) groups is 1. The average molecular weight is 239 g/mol. The first kappa shape index (κ1) is 11.4. The Labute approximate surface area is 99.6 Å². The summed E-state index contributed by atoms with van der Waals surface area (Å²) in [6.45, 7) is 5.94. The van der Waals surface area contributed by atoms with Gasteiger partial charge in [0.1, 0.15) is 5.69 Å². The lowest BCUT2D eigenvalue weighted by molar-refractivity contribution is 0.0748. The van der Waals surface area contributed by atoms with Gasteiger partial charge in [-0.2, -0.15) is 11.8 Å². The van der Waals surface area contributed by atoms with Crippen molar-refractivity contribution in [3.8, 4) is 0 Å². The predicted octanol–water partition coefficient (Wildman–Crippen LogP) is 1.56. The molecular weight excluding hydrogens is 222 g/mol. The molecule has 1 aromatic heterocycles. The highest BCUT2D eigenvalue weighted by molar-refractivity contribution is 8.00. The van der Waals surface area contributed by atoms with Gasteiger partial charge in [-0.05, 0) is 6.07 Å². The standard InChI is InChI=1S/C11H17N3OS/c1-7-5-14(6-8(2)16-7)11(15)10-3-9(12)4-13-10/h3-4,7-8,13H,5-6,12H2,1-2H3. The van der Waals surface area contributed by atoms with Crippen LogP contribution in [0.4, 0.5) is 5.69 Å². The molecule has 1 aromatic rings. The molecule has 1 saturated heterocycles. The third-order valence-electron chi connectivity index (χ3n) is 2.64. The molecule has 0 aromatic carbocycles. The number of nitrogen functional groups attached to an aromatic ring is 1. The molecule has 1 aliphatic rings. The Morgan fingerprint density at radius 3 is 2.62 bits per heavy atom. The van der Waals surface area contributed by atoms with E-state index in [-0.39, 0.29) is 5.91 Å². The number of aromatic nitrogens is 1. The minimum atomic E-state index is 0.0516. The van der Waals surface area contributed by atoms with Crippen molar-refractivity contribution in [1.29, 1.82) is 0 Å². The summed E-state index contributed by atoms with van der Waals surface area (Å²) >= 11 is 1.93. The summed E-state index contributed by atoms with van der Waals surface area (Å²) in [5.41, 5.74) is 6.79. The van der Waals surface area contributed by atoms with Crippen LogP contribution in [-0.2, 0) is 0 Å². The lowest BCUT2D eigenvalue weighted by atomic mass is 10.3. The summed E-state index contributed by atoms with van der Waals surface area (Å²) in [7, 11) is 0. The molecule has 3 N–H and O–H groups in total.